The van der Waals surface area contributed by atoms with Gasteiger partial charge >= 0.3 is 0 Å². The van der Waals surface area contributed by atoms with E-state index in [4.69, 9.17) is 28.9 Å². The lowest BCUT2D eigenvalue weighted by molar-refractivity contribution is 1.08. The summed E-state index contributed by atoms with van der Waals surface area (Å²) >= 11 is 11.9. The SMILES string of the molecule is Nc1cc(Cl)cc(Cl)c1-n1cccc1. The molecule has 72 valence electrons. The third-order valence-corrected chi connectivity index (χ3v) is 2.43. The second kappa shape index (κ2) is 3.56. The zero-order valence-electron chi connectivity index (χ0n) is 7.24. The molecule has 2 N–H and O–H groups in total. The van der Waals surface area contributed by atoms with Crippen LogP contribution in [0.5, 0.6) is 0 Å². The topological polar surface area (TPSA) is 30.9 Å². The minimum absolute atomic E-state index is 0.545. The maximum absolute atomic E-state index is 6.04. The fourth-order valence-corrected chi connectivity index (χ4v) is 1.95. The van der Waals surface area contributed by atoms with Crippen LogP contribution < -0.4 is 5.73 Å². The second-order valence-corrected chi connectivity index (χ2v) is 3.76. The highest BCUT2D eigenvalue weighted by atomic mass is 35.5. The Morgan fingerprint density at radius 1 is 1.07 bits per heavy atom. The summed E-state index contributed by atoms with van der Waals surface area (Å²) in [6.07, 6.45) is 3.76. The molecule has 0 radical (unpaired) electrons. The molecule has 0 saturated carbocycles. The van der Waals surface area contributed by atoms with Crippen molar-refractivity contribution < 1.29 is 0 Å². The van der Waals surface area contributed by atoms with E-state index in [-0.39, 0.29) is 0 Å². The molecule has 2 rings (SSSR count). The van der Waals surface area contributed by atoms with Gasteiger partial charge in [0.1, 0.15) is 0 Å². The Morgan fingerprint density at radius 2 is 1.71 bits per heavy atom. The molecule has 2 nitrogen and oxygen atoms in total. The van der Waals surface area contributed by atoms with Crippen LogP contribution in [0.1, 0.15) is 0 Å². The number of rotatable bonds is 1. The largest absolute Gasteiger partial charge is 0.397 e. The fraction of sp³-hybridized carbons (Fsp3) is 0. The van der Waals surface area contributed by atoms with E-state index in [9.17, 15) is 0 Å². The second-order valence-electron chi connectivity index (χ2n) is 2.92. The number of nitrogens with two attached hydrogens (primary N) is 1. The molecule has 1 aromatic heterocycles. The summed E-state index contributed by atoms with van der Waals surface area (Å²) in [5.41, 5.74) is 7.16. The fourth-order valence-electron chi connectivity index (χ4n) is 1.34. The Balaban J connectivity index is 2.64. The van der Waals surface area contributed by atoms with E-state index in [1.54, 1.807) is 12.1 Å². The van der Waals surface area contributed by atoms with E-state index < -0.39 is 0 Å². The van der Waals surface area contributed by atoms with Crippen LogP contribution in [-0.4, -0.2) is 4.57 Å². The van der Waals surface area contributed by atoms with E-state index in [1.807, 2.05) is 29.1 Å². The molecular weight excluding hydrogens is 219 g/mol. The van der Waals surface area contributed by atoms with Crippen LogP contribution in [0, 0.1) is 0 Å². The van der Waals surface area contributed by atoms with Crippen LogP contribution >= 0.6 is 23.2 Å². The standard InChI is InChI=1S/C10H8Cl2N2/c11-7-5-8(12)10(9(13)6-7)14-3-1-2-4-14/h1-6H,13H2. The first-order valence-electron chi connectivity index (χ1n) is 4.06. The van der Waals surface area contributed by atoms with Crippen molar-refractivity contribution in [1.29, 1.82) is 0 Å². The molecule has 0 bridgehead atoms. The van der Waals surface area contributed by atoms with Gasteiger partial charge in [0.05, 0.1) is 16.4 Å². The molecule has 1 heterocycles. The van der Waals surface area contributed by atoms with Gasteiger partial charge in [-0.1, -0.05) is 23.2 Å². The first-order chi connectivity index (χ1) is 6.68. The summed E-state index contributed by atoms with van der Waals surface area (Å²) in [6.45, 7) is 0. The molecule has 0 unspecified atom stereocenters. The number of anilines is 1. The van der Waals surface area contributed by atoms with Crippen LogP contribution in [-0.2, 0) is 0 Å². The van der Waals surface area contributed by atoms with Gasteiger partial charge in [0.15, 0.2) is 0 Å². The number of nitrogens with zero attached hydrogens (tertiary/aromatic N) is 1. The molecule has 0 fully saturated rings. The maximum atomic E-state index is 6.04. The lowest BCUT2D eigenvalue weighted by Crippen LogP contribution is -1.98. The normalized spacial score (nSPS) is 10.4. The minimum atomic E-state index is 0.545. The number of halogens is 2. The monoisotopic (exact) mass is 226 g/mol. The number of benzene rings is 1. The van der Waals surface area contributed by atoms with Crippen molar-refractivity contribution in [2.75, 3.05) is 5.73 Å². The van der Waals surface area contributed by atoms with Gasteiger partial charge in [-0.3, -0.25) is 0 Å². The summed E-state index contributed by atoms with van der Waals surface area (Å²) in [5.74, 6) is 0. The summed E-state index contributed by atoms with van der Waals surface area (Å²) in [4.78, 5) is 0. The third-order valence-electron chi connectivity index (χ3n) is 1.92. The van der Waals surface area contributed by atoms with Gasteiger partial charge in [-0.05, 0) is 24.3 Å². The van der Waals surface area contributed by atoms with E-state index >= 15 is 0 Å². The lowest BCUT2D eigenvalue weighted by Gasteiger charge is -2.09. The van der Waals surface area contributed by atoms with Gasteiger partial charge in [-0.15, -0.1) is 0 Å². The average molecular weight is 227 g/mol. The smallest absolute Gasteiger partial charge is 0.0870 e. The molecule has 2 aromatic rings. The predicted octanol–water partition coefficient (Wildman–Crippen LogP) is 3.37. The Kier molecular flexibility index (Phi) is 2.40. The highest BCUT2D eigenvalue weighted by molar-refractivity contribution is 6.36. The van der Waals surface area contributed by atoms with Gasteiger partial charge in [0, 0.05) is 17.4 Å². The Hall–Kier alpha value is -1.12. The molecule has 0 amide bonds. The van der Waals surface area contributed by atoms with Crippen molar-refractivity contribution in [3.63, 3.8) is 0 Å². The number of hydrogen-bond donors (Lipinski definition) is 1. The highest BCUT2D eigenvalue weighted by Gasteiger charge is 2.07. The van der Waals surface area contributed by atoms with E-state index in [0.717, 1.165) is 5.69 Å². The van der Waals surface area contributed by atoms with Gasteiger partial charge in [0.2, 0.25) is 0 Å². The Morgan fingerprint density at radius 3 is 2.29 bits per heavy atom. The number of aromatic nitrogens is 1. The summed E-state index contributed by atoms with van der Waals surface area (Å²) in [6, 6.07) is 7.17. The summed E-state index contributed by atoms with van der Waals surface area (Å²) < 4.78 is 1.86. The van der Waals surface area contributed by atoms with Crippen molar-refractivity contribution in [1.82, 2.24) is 4.57 Å². The first-order valence-corrected chi connectivity index (χ1v) is 4.82. The predicted molar refractivity (Wildman–Crippen MR) is 60.2 cm³/mol. The van der Waals surface area contributed by atoms with Crippen molar-refractivity contribution in [2.45, 2.75) is 0 Å². The molecule has 1 aromatic carbocycles. The molecule has 14 heavy (non-hydrogen) atoms. The quantitative estimate of drug-likeness (QED) is 0.744. The molecule has 4 heteroatoms. The van der Waals surface area contributed by atoms with Gasteiger partial charge < -0.3 is 10.3 Å². The van der Waals surface area contributed by atoms with Crippen LogP contribution in [0.25, 0.3) is 5.69 Å². The molecule has 0 aliphatic carbocycles. The number of hydrogen-bond acceptors (Lipinski definition) is 1. The minimum Gasteiger partial charge on any atom is -0.397 e. The third kappa shape index (κ3) is 1.59. The van der Waals surface area contributed by atoms with Crippen molar-refractivity contribution in [3.05, 3.63) is 46.7 Å². The Labute approximate surface area is 91.9 Å². The van der Waals surface area contributed by atoms with E-state index in [2.05, 4.69) is 0 Å². The molecule has 0 spiro atoms. The van der Waals surface area contributed by atoms with Gasteiger partial charge in [0.25, 0.3) is 0 Å². The Bertz CT molecular complexity index is 426. The molecular formula is C10H8Cl2N2. The van der Waals surface area contributed by atoms with Crippen LogP contribution in [0.4, 0.5) is 5.69 Å². The van der Waals surface area contributed by atoms with Gasteiger partial charge in [-0.2, -0.15) is 0 Å². The average Bonchev–Trinajstić information content (AvgIpc) is 2.54. The summed E-state index contributed by atoms with van der Waals surface area (Å²) in [5, 5.41) is 1.09. The van der Waals surface area contributed by atoms with Crippen LogP contribution in [0.15, 0.2) is 36.7 Å². The van der Waals surface area contributed by atoms with Crippen molar-refractivity contribution >= 4 is 28.9 Å². The maximum Gasteiger partial charge on any atom is 0.0870 e. The molecule has 0 aliphatic heterocycles. The van der Waals surface area contributed by atoms with Crippen LogP contribution in [0.2, 0.25) is 10.0 Å². The molecule has 0 atom stereocenters. The molecule has 0 saturated heterocycles. The first kappa shape index (κ1) is 9.44. The zero-order chi connectivity index (χ0) is 10.1. The lowest BCUT2D eigenvalue weighted by atomic mass is 10.2. The van der Waals surface area contributed by atoms with Gasteiger partial charge in [-0.25, -0.2) is 0 Å². The van der Waals surface area contributed by atoms with E-state index in [0.29, 0.717) is 15.7 Å². The van der Waals surface area contributed by atoms with Crippen LogP contribution in [0.3, 0.4) is 0 Å². The van der Waals surface area contributed by atoms with Crippen molar-refractivity contribution in [3.8, 4) is 5.69 Å². The van der Waals surface area contributed by atoms with E-state index in [1.165, 1.54) is 0 Å². The zero-order valence-corrected chi connectivity index (χ0v) is 8.76. The summed E-state index contributed by atoms with van der Waals surface area (Å²) in [7, 11) is 0. The highest BCUT2D eigenvalue weighted by Crippen LogP contribution is 2.30. The molecule has 0 aliphatic rings. The van der Waals surface area contributed by atoms with Crippen molar-refractivity contribution in [2.24, 2.45) is 0 Å². The number of nitrogen functional groups attached to an aromatic ring is 1.